The summed E-state index contributed by atoms with van der Waals surface area (Å²) in [6, 6.07) is 8.38. The summed E-state index contributed by atoms with van der Waals surface area (Å²) in [5.41, 5.74) is 2.56. The quantitative estimate of drug-likeness (QED) is 0.304. The molecule has 2 aliphatic rings. The van der Waals surface area contributed by atoms with Gasteiger partial charge in [-0.1, -0.05) is 12.1 Å². The molecule has 2 fully saturated rings. The number of aromatic nitrogens is 5. The molecule has 0 radical (unpaired) electrons. The van der Waals surface area contributed by atoms with Gasteiger partial charge < -0.3 is 10.6 Å². The van der Waals surface area contributed by atoms with Crippen LogP contribution in [0.15, 0.2) is 36.0 Å². The lowest BCUT2D eigenvalue weighted by Crippen LogP contribution is -2.19. The van der Waals surface area contributed by atoms with Crippen molar-refractivity contribution < 1.29 is 9.59 Å². The van der Waals surface area contributed by atoms with Gasteiger partial charge in [0, 0.05) is 17.2 Å². The summed E-state index contributed by atoms with van der Waals surface area (Å²) in [6.45, 7) is 0.486. The Morgan fingerprint density at radius 3 is 2.84 bits per heavy atom. The van der Waals surface area contributed by atoms with E-state index in [9.17, 15) is 9.59 Å². The number of anilines is 2. The molecule has 1 saturated heterocycles. The van der Waals surface area contributed by atoms with Gasteiger partial charge in [0.1, 0.15) is 5.01 Å². The number of thiazole rings is 1. The molecule has 0 atom stereocenters. The highest BCUT2D eigenvalue weighted by molar-refractivity contribution is 7.18. The Bertz CT molecular complexity index is 1380. The predicted molar refractivity (Wildman–Crippen MR) is 120 cm³/mol. The molecule has 32 heavy (non-hydrogen) atoms. The first-order valence-electron chi connectivity index (χ1n) is 10.3. The first kappa shape index (κ1) is 18.9. The van der Waals surface area contributed by atoms with Gasteiger partial charge in [-0.25, -0.2) is 4.98 Å². The van der Waals surface area contributed by atoms with Crippen LogP contribution < -0.4 is 16.0 Å². The predicted octanol–water partition coefficient (Wildman–Crippen LogP) is 2.35. The maximum absolute atomic E-state index is 12.0. The average molecular weight is 446 g/mol. The fraction of sp³-hybridized carbons (Fsp3) is 0.238. The van der Waals surface area contributed by atoms with Crippen LogP contribution in [0.5, 0.6) is 0 Å². The smallest absolute Gasteiger partial charge is 0.254 e. The van der Waals surface area contributed by atoms with Gasteiger partial charge in [0.25, 0.3) is 5.91 Å². The molecule has 0 bridgehead atoms. The van der Waals surface area contributed by atoms with Gasteiger partial charge in [-0.15, -0.1) is 11.3 Å². The van der Waals surface area contributed by atoms with Crippen molar-refractivity contribution in [2.24, 2.45) is 0 Å². The van der Waals surface area contributed by atoms with Crippen LogP contribution in [-0.2, 0) is 16.1 Å². The number of fused-ring (bicyclic) bond motifs is 2. The minimum absolute atomic E-state index is 0.0527. The normalized spacial score (nSPS) is 17.4. The molecule has 4 aromatic rings. The van der Waals surface area contributed by atoms with Crippen molar-refractivity contribution in [1.29, 1.82) is 0 Å². The number of benzene rings is 1. The molecule has 1 aliphatic carbocycles. The zero-order valence-electron chi connectivity index (χ0n) is 16.8. The van der Waals surface area contributed by atoms with E-state index in [4.69, 9.17) is 0 Å². The number of rotatable bonds is 6. The molecule has 3 N–H and O–H groups in total. The molecule has 160 valence electrons. The first-order valence-corrected chi connectivity index (χ1v) is 11.1. The molecule has 11 heteroatoms. The van der Waals surface area contributed by atoms with Crippen molar-refractivity contribution in [3.05, 3.63) is 46.6 Å². The third kappa shape index (κ3) is 3.56. The Labute approximate surface area is 185 Å². The largest absolute Gasteiger partial charge is 0.351 e. The van der Waals surface area contributed by atoms with Gasteiger partial charge in [-0.2, -0.15) is 19.6 Å². The molecule has 6 rings (SSSR count). The lowest BCUT2D eigenvalue weighted by atomic mass is 10.1. The zero-order chi connectivity index (χ0) is 21.7. The number of hydrogen-bond acceptors (Lipinski definition) is 9. The first-order chi connectivity index (χ1) is 15.6. The molecule has 0 spiro atoms. The molecular weight excluding hydrogens is 428 g/mol. The number of para-hydroxylation sites is 1. The Balaban J connectivity index is 1.34. The van der Waals surface area contributed by atoms with Crippen LogP contribution in [0.3, 0.4) is 0 Å². The van der Waals surface area contributed by atoms with E-state index in [1.807, 2.05) is 24.3 Å². The van der Waals surface area contributed by atoms with E-state index < -0.39 is 0 Å². The van der Waals surface area contributed by atoms with Crippen LogP contribution in [0.4, 0.5) is 11.9 Å². The van der Waals surface area contributed by atoms with Crippen molar-refractivity contribution in [1.82, 2.24) is 29.9 Å². The number of nitrogens with zero attached hydrogens (tertiary/aromatic N) is 5. The fourth-order valence-electron chi connectivity index (χ4n) is 3.54. The van der Waals surface area contributed by atoms with E-state index in [1.165, 1.54) is 0 Å². The molecule has 4 heterocycles. The van der Waals surface area contributed by atoms with Gasteiger partial charge in [0.05, 0.1) is 29.4 Å². The summed E-state index contributed by atoms with van der Waals surface area (Å²) in [4.78, 5) is 37.4. The molecule has 2 amide bonds. The summed E-state index contributed by atoms with van der Waals surface area (Å²) in [6.07, 6.45) is 5.51. The molecule has 1 aromatic carbocycles. The van der Waals surface area contributed by atoms with Crippen LogP contribution in [-0.4, -0.2) is 42.4 Å². The highest BCUT2D eigenvalue weighted by Gasteiger charge is 2.26. The van der Waals surface area contributed by atoms with Gasteiger partial charge in [0.15, 0.2) is 5.65 Å². The number of hydrogen-bond donors (Lipinski definition) is 3. The maximum Gasteiger partial charge on any atom is 0.254 e. The summed E-state index contributed by atoms with van der Waals surface area (Å²) < 4.78 is 2.76. The molecule has 10 nitrogen and oxygen atoms in total. The van der Waals surface area contributed by atoms with Crippen molar-refractivity contribution in [2.75, 3.05) is 10.6 Å². The Morgan fingerprint density at radius 2 is 2.06 bits per heavy atom. The summed E-state index contributed by atoms with van der Waals surface area (Å²) in [7, 11) is 0. The number of carbonyl (C=O) groups is 2. The lowest BCUT2D eigenvalue weighted by Gasteiger charge is -2.09. The van der Waals surface area contributed by atoms with Crippen molar-refractivity contribution in [2.45, 2.75) is 31.8 Å². The number of amides is 2. The third-order valence-electron chi connectivity index (χ3n) is 5.27. The van der Waals surface area contributed by atoms with E-state index in [0.29, 0.717) is 41.3 Å². The minimum Gasteiger partial charge on any atom is -0.351 e. The second kappa shape index (κ2) is 7.38. The van der Waals surface area contributed by atoms with Crippen LogP contribution >= 0.6 is 11.3 Å². The Kier molecular flexibility index (Phi) is 4.35. The van der Waals surface area contributed by atoms with Crippen LogP contribution in [0, 0.1) is 0 Å². The minimum atomic E-state index is -0.381. The van der Waals surface area contributed by atoms with E-state index >= 15 is 0 Å². The fourth-order valence-corrected chi connectivity index (χ4v) is 4.44. The van der Waals surface area contributed by atoms with Crippen molar-refractivity contribution >= 4 is 57.0 Å². The number of nitrogens with one attached hydrogen (secondary N) is 3. The molecule has 0 unspecified atom stereocenters. The number of imide groups is 1. The zero-order valence-corrected chi connectivity index (χ0v) is 17.6. The molecule has 1 saturated carbocycles. The van der Waals surface area contributed by atoms with Gasteiger partial charge in [0.2, 0.25) is 17.8 Å². The second-order valence-electron chi connectivity index (χ2n) is 7.78. The van der Waals surface area contributed by atoms with Gasteiger partial charge >= 0.3 is 0 Å². The van der Waals surface area contributed by atoms with Crippen molar-refractivity contribution in [3.8, 4) is 0 Å². The van der Waals surface area contributed by atoms with E-state index in [0.717, 1.165) is 28.1 Å². The van der Waals surface area contributed by atoms with Crippen LogP contribution in [0.2, 0.25) is 0 Å². The van der Waals surface area contributed by atoms with Crippen molar-refractivity contribution in [3.63, 3.8) is 0 Å². The standard InChI is InChI=1S/C21H18N8O2S/c30-16-8-11(19(31)26-16)7-12-9-23-29-18(12)27-20(28-21(29)24-13-5-6-13)22-10-17-25-14-3-1-2-4-15(14)32-17/h1-4,7,9,13H,5-6,8,10H2,(H,26,30,31)(H2,22,24,27,28)/b11-7+. The van der Waals surface area contributed by atoms with E-state index in [1.54, 1.807) is 28.1 Å². The second-order valence-corrected chi connectivity index (χ2v) is 8.89. The van der Waals surface area contributed by atoms with E-state index in [2.05, 4.69) is 36.0 Å². The Hall–Kier alpha value is -3.86. The molecule has 3 aromatic heterocycles. The highest BCUT2D eigenvalue weighted by atomic mass is 32.1. The summed E-state index contributed by atoms with van der Waals surface area (Å²) in [5.74, 6) is 0.337. The van der Waals surface area contributed by atoms with Crippen LogP contribution in [0.25, 0.3) is 21.9 Å². The van der Waals surface area contributed by atoms with Gasteiger partial charge in [-0.3, -0.25) is 14.9 Å². The Morgan fingerprint density at radius 1 is 1.19 bits per heavy atom. The highest BCUT2D eigenvalue weighted by Crippen LogP contribution is 2.27. The van der Waals surface area contributed by atoms with E-state index in [-0.39, 0.29) is 18.2 Å². The topological polar surface area (TPSA) is 126 Å². The molecule has 1 aliphatic heterocycles. The average Bonchev–Trinajstić information content (AvgIpc) is 3.21. The summed E-state index contributed by atoms with van der Waals surface area (Å²) >= 11 is 1.62. The maximum atomic E-state index is 12.0. The molecular formula is C21H18N8O2S. The SMILES string of the molecule is O=C1C/C(=C\c2cnn3c(NC4CC4)nc(NCc4nc5ccccc5s4)nc23)C(=O)N1. The lowest BCUT2D eigenvalue weighted by molar-refractivity contribution is -0.124. The summed E-state index contributed by atoms with van der Waals surface area (Å²) in [5, 5.41) is 14.3. The van der Waals surface area contributed by atoms with Crippen LogP contribution in [0.1, 0.15) is 29.8 Å². The van der Waals surface area contributed by atoms with Gasteiger partial charge in [-0.05, 0) is 31.1 Å². The third-order valence-corrected chi connectivity index (χ3v) is 6.30. The number of carbonyl (C=O) groups excluding carboxylic acids is 2. The monoisotopic (exact) mass is 446 g/mol.